The summed E-state index contributed by atoms with van der Waals surface area (Å²) in [6.45, 7) is 10.2. The van der Waals surface area contributed by atoms with Crippen molar-refractivity contribution in [1.82, 2.24) is 14.9 Å². The van der Waals surface area contributed by atoms with E-state index in [2.05, 4.69) is 50.7 Å². The van der Waals surface area contributed by atoms with E-state index in [0.717, 1.165) is 0 Å². The fraction of sp³-hybridized carbons (Fsp3) is 0.682. The number of nitrogens with one attached hydrogen (secondary N) is 2. The minimum atomic E-state index is -5.04. The molecule has 202 valence electrons. The zero-order valence-electron chi connectivity index (χ0n) is 21.1. The zero-order chi connectivity index (χ0) is 27.3. The van der Waals surface area contributed by atoms with Gasteiger partial charge in [0.05, 0.1) is 25.2 Å². The maximum absolute atomic E-state index is 12.5. The molecule has 2 heterocycles. The van der Waals surface area contributed by atoms with E-state index in [1.54, 1.807) is 5.32 Å². The summed E-state index contributed by atoms with van der Waals surface area (Å²) in [5, 5.41) is 1.58. The molecule has 1 aromatic rings. The Hall–Kier alpha value is -2.05. The summed E-state index contributed by atoms with van der Waals surface area (Å²) in [6.07, 6.45) is -3.24. The minimum Gasteiger partial charge on any atom is -0.414 e. The van der Waals surface area contributed by atoms with Gasteiger partial charge in [-0.2, -0.15) is 13.2 Å². The second-order valence-electron chi connectivity index (χ2n) is 9.74. The number of H-pyrrole nitrogens is 1. The van der Waals surface area contributed by atoms with Crippen LogP contribution in [0.1, 0.15) is 39.0 Å². The monoisotopic (exact) mass is 551 g/mol. The topological polar surface area (TPSA) is 112 Å². The minimum absolute atomic E-state index is 0.0103. The molecule has 1 aliphatic rings. The van der Waals surface area contributed by atoms with Gasteiger partial charge in [0.15, 0.2) is 8.32 Å². The Morgan fingerprint density at radius 1 is 1.33 bits per heavy atom. The molecule has 0 spiro atoms. The Morgan fingerprint density at radius 3 is 2.58 bits per heavy atom. The highest BCUT2D eigenvalue weighted by Crippen LogP contribution is 2.38. The molecule has 3 atom stereocenters. The van der Waals surface area contributed by atoms with Crippen LogP contribution >= 0.6 is 11.8 Å². The fourth-order valence-corrected chi connectivity index (χ4v) is 4.34. The van der Waals surface area contributed by atoms with Gasteiger partial charge in [0, 0.05) is 12.6 Å². The van der Waals surface area contributed by atoms with Crippen molar-refractivity contribution < 1.29 is 31.9 Å². The number of carbonyl (C=O) groups excluding carboxylic acids is 1. The van der Waals surface area contributed by atoms with Crippen molar-refractivity contribution in [1.29, 1.82) is 0 Å². The molecule has 9 nitrogen and oxygen atoms in total. The molecule has 14 heteroatoms. The van der Waals surface area contributed by atoms with Crippen LogP contribution in [-0.4, -0.2) is 67.5 Å². The predicted molar refractivity (Wildman–Crippen MR) is 132 cm³/mol. The maximum Gasteiger partial charge on any atom is 0.471 e. The lowest BCUT2D eigenvalue weighted by Gasteiger charge is -2.37. The Balaban J connectivity index is 2.21. The summed E-state index contributed by atoms with van der Waals surface area (Å²) in [5.74, 6) is 2.94. The number of aromatic amines is 1. The molecule has 36 heavy (non-hydrogen) atoms. The van der Waals surface area contributed by atoms with Crippen molar-refractivity contribution in [2.24, 2.45) is 0 Å². The van der Waals surface area contributed by atoms with Gasteiger partial charge in [-0.25, -0.2) is 4.79 Å². The fourth-order valence-electron chi connectivity index (χ4n) is 3.01. The Morgan fingerprint density at radius 2 is 2.00 bits per heavy atom. The number of hydrogen-bond donors (Lipinski definition) is 2. The molecule has 0 saturated carbocycles. The van der Waals surface area contributed by atoms with Crippen molar-refractivity contribution in [3.8, 4) is 11.8 Å². The summed E-state index contributed by atoms with van der Waals surface area (Å²) < 4.78 is 56.3. The molecular formula is C22H32F3N3O6SSi. The Bertz CT molecular complexity index is 1100. The highest BCUT2D eigenvalue weighted by Gasteiger charge is 2.42. The van der Waals surface area contributed by atoms with Crippen LogP contribution < -0.4 is 16.6 Å². The van der Waals surface area contributed by atoms with Crippen molar-refractivity contribution >= 4 is 26.0 Å². The number of halogens is 3. The van der Waals surface area contributed by atoms with Gasteiger partial charge in [-0.3, -0.25) is 19.1 Å². The number of hydrogen-bond acceptors (Lipinski definition) is 7. The maximum atomic E-state index is 12.5. The quantitative estimate of drug-likeness (QED) is 0.290. The van der Waals surface area contributed by atoms with Crippen molar-refractivity contribution in [2.45, 2.75) is 69.9 Å². The Labute approximate surface area is 212 Å². The number of amides is 1. The number of rotatable bonds is 8. The lowest BCUT2D eigenvalue weighted by Crippen LogP contribution is -2.44. The number of ether oxygens (including phenoxy) is 2. The van der Waals surface area contributed by atoms with E-state index < -0.39 is 50.5 Å². The molecule has 1 aliphatic heterocycles. The van der Waals surface area contributed by atoms with Gasteiger partial charge in [-0.05, 0) is 24.4 Å². The smallest absolute Gasteiger partial charge is 0.414 e. The number of thioether (sulfide) groups is 1. The first-order valence-corrected chi connectivity index (χ1v) is 15.5. The largest absolute Gasteiger partial charge is 0.471 e. The van der Waals surface area contributed by atoms with Crippen molar-refractivity contribution in [2.75, 3.05) is 25.3 Å². The van der Waals surface area contributed by atoms with Crippen molar-refractivity contribution in [3.05, 3.63) is 32.6 Å². The third kappa shape index (κ3) is 7.97. The molecule has 0 radical (unpaired) electrons. The third-order valence-corrected chi connectivity index (χ3v) is 11.0. The molecule has 1 fully saturated rings. The summed E-state index contributed by atoms with van der Waals surface area (Å²) >= 11 is 1.49. The molecule has 0 aliphatic carbocycles. The van der Waals surface area contributed by atoms with E-state index in [-0.39, 0.29) is 23.3 Å². The van der Waals surface area contributed by atoms with Gasteiger partial charge in [-0.1, -0.05) is 32.6 Å². The van der Waals surface area contributed by atoms with Crippen LogP contribution in [0.4, 0.5) is 13.2 Å². The van der Waals surface area contributed by atoms with E-state index in [1.807, 2.05) is 6.26 Å². The first kappa shape index (κ1) is 30.2. The molecule has 3 unspecified atom stereocenters. The predicted octanol–water partition coefficient (Wildman–Crippen LogP) is 2.58. The van der Waals surface area contributed by atoms with E-state index in [0.29, 0.717) is 12.4 Å². The summed E-state index contributed by atoms with van der Waals surface area (Å²) in [5.41, 5.74) is -1.70. The standard InChI is InChI=1S/C22H32F3N3O6SSi/c1-21(2,3)36(5,6)33-12-16-15(32-13-35-4)10-17(34-16)28-11-14(18(29)27-20(28)31)8-7-9-26-19(30)22(23,24)25/h11,15-17H,9-10,12-13H2,1-6H3,(H,26,30)(H,27,29,31). The summed E-state index contributed by atoms with van der Waals surface area (Å²) in [7, 11) is -2.08. The molecule has 1 saturated heterocycles. The lowest BCUT2D eigenvalue weighted by molar-refractivity contribution is -0.173. The van der Waals surface area contributed by atoms with Crippen LogP contribution in [0, 0.1) is 11.8 Å². The first-order chi connectivity index (χ1) is 16.6. The number of carbonyl (C=O) groups is 1. The van der Waals surface area contributed by atoms with E-state index in [9.17, 15) is 27.6 Å². The summed E-state index contributed by atoms with van der Waals surface area (Å²) in [4.78, 5) is 37.7. The van der Waals surface area contributed by atoms with Crippen molar-refractivity contribution in [3.63, 3.8) is 0 Å². The van der Waals surface area contributed by atoms with Crippen LogP contribution in [0.2, 0.25) is 18.1 Å². The van der Waals surface area contributed by atoms with Gasteiger partial charge in [-0.15, -0.1) is 11.8 Å². The zero-order valence-corrected chi connectivity index (χ0v) is 22.9. The second-order valence-corrected chi connectivity index (χ2v) is 15.4. The van der Waals surface area contributed by atoms with Crippen LogP contribution in [0.3, 0.4) is 0 Å². The van der Waals surface area contributed by atoms with Gasteiger partial charge in [0.1, 0.15) is 17.9 Å². The van der Waals surface area contributed by atoms with Gasteiger partial charge in [0.2, 0.25) is 0 Å². The van der Waals surface area contributed by atoms with Crippen LogP contribution in [0.5, 0.6) is 0 Å². The lowest BCUT2D eigenvalue weighted by atomic mass is 10.2. The van der Waals surface area contributed by atoms with Crippen LogP contribution in [0.25, 0.3) is 0 Å². The SMILES string of the molecule is CSCOC1CC(n2cc(C#CCNC(=O)C(F)(F)F)c(=O)[nH]c2=O)OC1CO[Si](C)(C)C(C)(C)C. The highest BCUT2D eigenvalue weighted by molar-refractivity contribution is 7.98. The normalized spacial score (nSPS) is 20.6. The highest BCUT2D eigenvalue weighted by atomic mass is 32.2. The van der Waals surface area contributed by atoms with E-state index in [1.165, 1.54) is 22.5 Å². The third-order valence-electron chi connectivity index (χ3n) is 6.09. The Kier molecular flexibility index (Phi) is 10.1. The number of alkyl halides is 3. The van der Waals surface area contributed by atoms with Crippen LogP contribution in [0.15, 0.2) is 15.8 Å². The summed E-state index contributed by atoms with van der Waals surface area (Å²) in [6, 6.07) is 0. The average molecular weight is 552 g/mol. The number of nitrogens with zero attached hydrogens (tertiary/aromatic N) is 1. The molecule has 2 rings (SSSR count). The molecule has 2 N–H and O–H groups in total. The van der Waals surface area contributed by atoms with Gasteiger partial charge in [0.25, 0.3) is 5.56 Å². The molecule has 1 aromatic heterocycles. The molecule has 0 bridgehead atoms. The average Bonchev–Trinajstić information content (AvgIpc) is 3.16. The van der Waals surface area contributed by atoms with E-state index >= 15 is 0 Å². The molecular weight excluding hydrogens is 519 g/mol. The molecule has 1 amide bonds. The van der Waals surface area contributed by atoms with Gasteiger partial charge >= 0.3 is 17.8 Å². The van der Waals surface area contributed by atoms with Gasteiger partial charge < -0.3 is 19.2 Å². The number of aromatic nitrogens is 2. The second kappa shape index (κ2) is 12.0. The molecule has 0 aromatic carbocycles. The van der Waals surface area contributed by atoms with Crippen LogP contribution in [-0.2, 0) is 18.7 Å². The van der Waals surface area contributed by atoms with E-state index in [4.69, 9.17) is 13.9 Å². The first-order valence-electron chi connectivity index (χ1n) is 11.2.